The van der Waals surface area contributed by atoms with Crippen molar-refractivity contribution in [2.75, 3.05) is 0 Å². The maximum atomic E-state index is 9.26. The quantitative estimate of drug-likeness (QED) is 0.821. The highest BCUT2D eigenvalue weighted by Gasteiger charge is 2.16. The molecule has 0 saturated heterocycles. The Balaban J connectivity index is 1.96. The van der Waals surface area contributed by atoms with Crippen LogP contribution < -0.4 is 4.74 Å². The van der Waals surface area contributed by atoms with Gasteiger partial charge in [-0.3, -0.25) is 0 Å². The molecule has 100 valence electrons. The highest BCUT2D eigenvalue weighted by Crippen LogP contribution is 2.29. The summed E-state index contributed by atoms with van der Waals surface area (Å²) in [5.74, 6) is 1.10. The van der Waals surface area contributed by atoms with Gasteiger partial charge in [-0.1, -0.05) is 15.9 Å². The molecule has 0 unspecified atom stereocenters. The lowest BCUT2D eigenvalue weighted by Gasteiger charge is -2.16. The zero-order valence-corrected chi connectivity index (χ0v) is 12.5. The van der Waals surface area contributed by atoms with Crippen LogP contribution in [0.5, 0.6) is 11.6 Å². The number of nitriles is 1. The highest BCUT2D eigenvalue weighted by molar-refractivity contribution is 9.10. The molecule has 20 heavy (non-hydrogen) atoms. The molecule has 1 aliphatic carbocycles. The van der Waals surface area contributed by atoms with Crippen molar-refractivity contribution in [2.24, 2.45) is 0 Å². The number of aromatic nitrogens is 1. The Morgan fingerprint density at radius 3 is 2.65 bits per heavy atom. The molecule has 0 N–H and O–H groups in total. The van der Waals surface area contributed by atoms with Crippen LogP contribution in [0.2, 0.25) is 0 Å². The van der Waals surface area contributed by atoms with E-state index in [1.165, 1.54) is 12.0 Å². The van der Waals surface area contributed by atoms with Crippen molar-refractivity contribution in [2.45, 2.75) is 25.7 Å². The van der Waals surface area contributed by atoms with Crippen molar-refractivity contribution in [3.05, 3.63) is 51.6 Å². The number of hydrogen-bond donors (Lipinski definition) is 0. The van der Waals surface area contributed by atoms with Gasteiger partial charge in [0.1, 0.15) is 17.4 Å². The van der Waals surface area contributed by atoms with Gasteiger partial charge in [0.25, 0.3) is 0 Å². The van der Waals surface area contributed by atoms with Gasteiger partial charge in [-0.05, 0) is 61.6 Å². The number of aryl methyl sites for hydroxylation is 2. The van der Waals surface area contributed by atoms with Crippen molar-refractivity contribution in [1.82, 2.24) is 4.98 Å². The number of pyridine rings is 1. The second-order valence-corrected chi connectivity index (χ2v) is 5.74. The van der Waals surface area contributed by atoms with E-state index in [-0.39, 0.29) is 0 Å². The predicted molar refractivity (Wildman–Crippen MR) is 79.8 cm³/mol. The molecule has 0 radical (unpaired) electrons. The molecule has 0 fully saturated rings. The van der Waals surface area contributed by atoms with E-state index in [2.05, 4.69) is 27.0 Å². The molecule has 3 nitrogen and oxygen atoms in total. The fraction of sp³-hybridized carbons (Fsp3) is 0.250. The summed E-state index contributed by atoms with van der Waals surface area (Å²) < 4.78 is 6.76. The minimum atomic E-state index is 0.412. The van der Waals surface area contributed by atoms with Crippen LogP contribution in [0.25, 0.3) is 0 Å². The van der Waals surface area contributed by atoms with E-state index in [1.807, 2.05) is 30.3 Å². The molecule has 1 aromatic carbocycles. The number of ether oxygens (including phenoxy) is 1. The van der Waals surface area contributed by atoms with E-state index in [0.29, 0.717) is 17.2 Å². The van der Waals surface area contributed by atoms with E-state index >= 15 is 0 Å². The van der Waals surface area contributed by atoms with Gasteiger partial charge in [-0.15, -0.1) is 0 Å². The molecule has 1 heterocycles. The monoisotopic (exact) mass is 328 g/mol. The minimum absolute atomic E-state index is 0.412. The average molecular weight is 329 g/mol. The Morgan fingerprint density at radius 2 is 1.90 bits per heavy atom. The normalized spacial score (nSPS) is 13.4. The van der Waals surface area contributed by atoms with Crippen molar-refractivity contribution in [3.63, 3.8) is 0 Å². The summed E-state index contributed by atoms with van der Waals surface area (Å²) >= 11 is 3.38. The standard InChI is InChI=1S/C16H13BrN2O/c17-13-5-7-14(8-6-13)20-16-12(10-18)9-11-3-1-2-4-15(11)19-16/h5-9H,1-4H2. The number of nitrogens with zero attached hydrogens (tertiary/aromatic N) is 2. The topological polar surface area (TPSA) is 45.9 Å². The summed E-state index contributed by atoms with van der Waals surface area (Å²) in [6, 6.07) is 11.6. The Morgan fingerprint density at radius 1 is 1.15 bits per heavy atom. The molecule has 1 aromatic heterocycles. The highest BCUT2D eigenvalue weighted by atomic mass is 79.9. The van der Waals surface area contributed by atoms with E-state index in [1.54, 1.807) is 0 Å². The average Bonchev–Trinajstić information content (AvgIpc) is 2.49. The zero-order valence-electron chi connectivity index (χ0n) is 10.9. The van der Waals surface area contributed by atoms with E-state index in [0.717, 1.165) is 29.4 Å². The smallest absolute Gasteiger partial charge is 0.237 e. The number of benzene rings is 1. The lowest BCUT2D eigenvalue weighted by molar-refractivity contribution is 0.456. The molecule has 2 aromatic rings. The molecule has 0 amide bonds. The molecule has 0 saturated carbocycles. The molecule has 1 aliphatic rings. The predicted octanol–water partition coefficient (Wildman–Crippen LogP) is 4.39. The lowest BCUT2D eigenvalue weighted by atomic mass is 9.95. The summed E-state index contributed by atoms with van der Waals surface area (Å²) in [4.78, 5) is 4.55. The van der Waals surface area contributed by atoms with Gasteiger partial charge in [0.15, 0.2) is 0 Å². The molecular formula is C16H13BrN2O. The van der Waals surface area contributed by atoms with Gasteiger partial charge < -0.3 is 4.74 Å². The summed E-state index contributed by atoms with van der Waals surface area (Å²) in [6.07, 6.45) is 4.31. The van der Waals surface area contributed by atoms with Gasteiger partial charge in [-0.2, -0.15) is 5.26 Å². The van der Waals surface area contributed by atoms with Crippen molar-refractivity contribution in [1.29, 1.82) is 5.26 Å². The molecular weight excluding hydrogens is 316 g/mol. The van der Waals surface area contributed by atoms with Crippen LogP contribution in [0, 0.1) is 11.3 Å². The molecule has 0 bridgehead atoms. The molecule has 0 spiro atoms. The van der Waals surface area contributed by atoms with Crippen molar-refractivity contribution in [3.8, 4) is 17.7 Å². The molecule has 3 rings (SSSR count). The minimum Gasteiger partial charge on any atom is -0.438 e. The summed E-state index contributed by atoms with van der Waals surface area (Å²) in [5.41, 5.74) is 2.77. The first-order chi connectivity index (χ1) is 9.76. The Labute approximate surface area is 126 Å². The van der Waals surface area contributed by atoms with Crippen LogP contribution >= 0.6 is 15.9 Å². The van der Waals surface area contributed by atoms with Crippen LogP contribution in [0.4, 0.5) is 0 Å². The van der Waals surface area contributed by atoms with Crippen LogP contribution in [-0.4, -0.2) is 4.98 Å². The summed E-state index contributed by atoms with van der Waals surface area (Å²) in [6.45, 7) is 0. The van der Waals surface area contributed by atoms with Gasteiger partial charge in [0.2, 0.25) is 5.88 Å². The Hall–Kier alpha value is -1.86. The first kappa shape index (κ1) is 13.1. The SMILES string of the molecule is N#Cc1cc2c(nc1Oc1ccc(Br)cc1)CCCC2. The molecule has 4 heteroatoms. The third kappa shape index (κ3) is 2.68. The van der Waals surface area contributed by atoms with E-state index in [4.69, 9.17) is 4.74 Å². The van der Waals surface area contributed by atoms with Crippen LogP contribution in [-0.2, 0) is 12.8 Å². The third-order valence-electron chi connectivity index (χ3n) is 3.41. The first-order valence-corrected chi connectivity index (χ1v) is 7.42. The maximum absolute atomic E-state index is 9.26. The fourth-order valence-electron chi connectivity index (χ4n) is 2.39. The molecule has 0 atom stereocenters. The zero-order chi connectivity index (χ0) is 13.9. The number of rotatable bonds is 2. The number of hydrogen-bond acceptors (Lipinski definition) is 3. The van der Waals surface area contributed by atoms with Gasteiger partial charge in [0, 0.05) is 10.2 Å². The Kier molecular flexibility index (Phi) is 3.70. The van der Waals surface area contributed by atoms with Crippen molar-refractivity contribution >= 4 is 15.9 Å². The van der Waals surface area contributed by atoms with Crippen molar-refractivity contribution < 1.29 is 4.74 Å². The lowest BCUT2D eigenvalue weighted by Crippen LogP contribution is -2.07. The number of fused-ring (bicyclic) bond motifs is 1. The maximum Gasteiger partial charge on any atom is 0.237 e. The largest absolute Gasteiger partial charge is 0.438 e. The van der Waals surface area contributed by atoms with Crippen LogP contribution in [0.15, 0.2) is 34.8 Å². The Bertz CT molecular complexity index is 674. The second-order valence-electron chi connectivity index (χ2n) is 4.82. The van der Waals surface area contributed by atoms with Crippen LogP contribution in [0.1, 0.15) is 29.7 Å². The molecule has 0 aliphatic heterocycles. The van der Waals surface area contributed by atoms with E-state index < -0.39 is 0 Å². The second kappa shape index (κ2) is 5.64. The summed E-state index contributed by atoms with van der Waals surface area (Å²) in [5, 5.41) is 9.26. The number of halogens is 1. The van der Waals surface area contributed by atoms with Crippen LogP contribution in [0.3, 0.4) is 0 Å². The van der Waals surface area contributed by atoms with Gasteiger partial charge in [0.05, 0.1) is 0 Å². The van der Waals surface area contributed by atoms with Gasteiger partial charge in [-0.25, -0.2) is 4.98 Å². The van der Waals surface area contributed by atoms with E-state index in [9.17, 15) is 5.26 Å². The van der Waals surface area contributed by atoms with Gasteiger partial charge >= 0.3 is 0 Å². The third-order valence-corrected chi connectivity index (χ3v) is 3.94. The fourth-order valence-corrected chi connectivity index (χ4v) is 2.65. The summed E-state index contributed by atoms with van der Waals surface area (Å²) in [7, 11) is 0. The first-order valence-electron chi connectivity index (χ1n) is 6.62.